The Morgan fingerprint density at radius 1 is 1.32 bits per heavy atom. The van der Waals surface area contributed by atoms with Crippen LogP contribution in [0.3, 0.4) is 0 Å². The summed E-state index contributed by atoms with van der Waals surface area (Å²) < 4.78 is 16.7. The second-order valence-electron chi connectivity index (χ2n) is 6.61. The molecule has 0 fully saturated rings. The van der Waals surface area contributed by atoms with Gasteiger partial charge in [0, 0.05) is 24.0 Å². The lowest BCUT2D eigenvalue weighted by Crippen LogP contribution is -2.33. The number of hydrogen-bond donors (Lipinski definition) is 3. The third-order valence-electron chi connectivity index (χ3n) is 4.62. The summed E-state index contributed by atoms with van der Waals surface area (Å²) in [5, 5.41) is 22.9. The molecule has 0 aliphatic heterocycles. The molecule has 31 heavy (non-hydrogen) atoms. The van der Waals surface area contributed by atoms with Gasteiger partial charge in [-0.25, -0.2) is 19.7 Å². The quantitative estimate of drug-likeness (QED) is 0.384. The van der Waals surface area contributed by atoms with E-state index < -0.39 is 18.5 Å². The average Bonchev–Trinajstić information content (AvgIpc) is 3.16. The normalized spacial score (nSPS) is 12.0. The highest BCUT2D eigenvalue weighted by molar-refractivity contribution is 6.30. The lowest BCUT2D eigenvalue weighted by atomic mass is 10.1. The van der Waals surface area contributed by atoms with E-state index >= 15 is 0 Å². The van der Waals surface area contributed by atoms with E-state index in [0.29, 0.717) is 22.8 Å². The molecule has 0 radical (unpaired) electrons. The first-order valence-corrected chi connectivity index (χ1v) is 9.49. The van der Waals surface area contributed by atoms with Crippen molar-refractivity contribution in [3.8, 4) is 11.3 Å². The Morgan fingerprint density at radius 2 is 2.16 bits per heavy atom. The van der Waals surface area contributed by atoms with Crippen LogP contribution >= 0.6 is 11.6 Å². The monoisotopic (exact) mass is 443 g/mol. The van der Waals surface area contributed by atoms with E-state index in [0.717, 1.165) is 0 Å². The fourth-order valence-electron chi connectivity index (χ4n) is 3.02. The van der Waals surface area contributed by atoms with Crippen LogP contribution in [-0.2, 0) is 7.05 Å². The maximum atomic E-state index is 13.8. The fourth-order valence-corrected chi connectivity index (χ4v) is 3.14. The molecule has 1 atom stereocenters. The number of H-pyrrole nitrogens is 1. The van der Waals surface area contributed by atoms with Crippen molar-refractivity contribution >= 4 is 23.5 Å². The summed E-state index contributed by atoms with van der Waals surface area (Å²) in [6, 6.07) is 8.12. The number of nitrogens with one attached hydrogen (secondary N) is 2. The molecule has 3 N–H and O–H groups in total. The van der Waals surface area contributed by atoms with E-state index in [1.165, 1.54) is 29.0 Å². The summed E-state index contributed by atoms with van der Waals surface area (Å²) >= 11 is 5.73. The molecule has 1 aromatic carbocycles. The standard InChI is InChI=1S/C19H16ClFN8O2/c1-28-19(25-26-27-28)24-18-22-6-4-15(23-18)11-5-7-29(17(31)9-11)16(10-30)12-2-3-13(20)14(21)8-12/h2-9,16,30H,10H2,1H3,(H,22,23,24,25,27)/p+1/t16-/m1/s1. The zero-order valence-electron chi connectivity index (χ0n) is 16.2. The van der Waals surface area contributed by atoms with Crippen LogP contribution in [0.4, 0.5) is 16.3 Å². The van der Waals surface area contributed by atoms with Crippen LogP contribution < -0.4 is 15.6 Å². The van der Waals surface area contributed by atoms with Crippen LogP contribution in [0.1, 0.15) is 11.6 Å². The predicted octanol–water partition coefficient (Wildman–Crippen LogP) is 1.37. The van der Waals surface area contributed by atoms with Crippen LogP contribution in [0.15, 0.2) is 53.6 Å². The largest absolute Gasteiger partial charge is 0.406 e. The Bertz CT molecular complexity index is 1290. The van der Waals surface area contributed by atoms with Gasteiger partial charge in [-0.3, -0.25) is 4.79 Å². The second-order valence-corrected chi connectivity index (χ2v) is 7.01. The molecule has 12 heteroatoms. The number of anilines is 2. The van der Waals surface area contributed by atoms with Gasteiger partial charge >= 0.3 is 5.95 Å². The number of nitrogens with zero attached hydrogens (tertiary/aromatic N) is 6. The first-order chi connectivity index (χ1) is 15.0. The van der Waals surface area contributed by atoms with Gasteiger partial charge in [-0.1, -0.05) is 17.7 Å². The molecule has 0 spiro atoms. The molecule has 3 heterocycles. The number of rotatable bonds is 6. The number of halogens is 2. The van der Waals surface area contributed by atoms with E-state index in [-0.39, 0.29) is 16.5 Å². The minimum absolute atomic E-state index is 0.0319. The van der Waals surface area contributed by atoms with Crippen molar-refractivity contribution in [2.75, 3.05) is 11.9 Å². The summed E-state index contributed by atoms with van der Waals surface area (Å²) in [6.45, 7) is -0.392. The summed E-state index contributed by atoms with van der Waals surface area (Å²) in [6.07, 6.45) is 3.07. The van der Waals surface area contributed by atoms with Crippen LogP contribution in [0.2, 0.25) is 5.02 Å². The number of aliphatic hydroxyl groups excluding tert-OH is 1. The molecule has 158 valence electrons. The maximum absolute atomic E-state index is 13.8. The Hall–Kier alpha value is -3.70. The Balaban J connectivity index is 1.64. The van der Waals surface area contributed by atoms with Gasteiger partial charge in [-0.05, 0) is 29.8 Å². The number of hydrogen-bond acceptors (Lipinski definition) is 7. The van der Waals surface area contributed by atoms with Crippen molar-refractivity contribution in [2.45, 2.75) is 6.04 Å². The maximum Gasteiger partial charge on any atom is 0.406 e. The van der Waals surface area contributed by atoms with Gasteiger partial charge in [0.1, 0.15) is 11.0 Å². The number of aliphatic hydroxyl groups is 1. The average molecular weight is 444 g/mol. The summed E-state index contributed by atoms with van der Waals surface area (Å²) in [7, 11) is 1.72. The van der Waals surface area contributed by atoms with Crippen LogP contribution in [-0.4, -0.2) is 41.8 Å². The molecule has 0 amide bonds. The third-order valence-corrected chi connectivity index (χ3v) is 4.92. The molecule has 0 bridgehead atoms. The van der Waals surface area contributed by atoms with Crippen LogP contribution in [0.25, 0.3) is 11.3 Å². The zero-order chi connectivity index (χ0) is 22.0. The molecule has 10 nitrogen and oxygen atoms in total. The zero-order valence-corrected chi connectivity index (χ0v) is 17.0. The van der Waals surface area contributed by atoms with Crippen LogP contribution in [0, 0.1) is 5.82 Å². The SMILES string of the molecule is C[n+]1[nH]nnc1Nc1nccc(-c2ccn([C@H](CO)c3ccc(Cl)c(F)c3)c(=O)c2)n1. The second kappa shape index (κ2) is 8.58. The molecule has 3 aromatic heterocycles. The molecule has 0 aliphatic rings. The Labute approximate surface area is 180 Å². The summed E-state index contributed by atoms with van der Waals surface area (Å²) in [4.78, 5) is 21.3. The number of aromatic nitrogens is 7. The number of benzene rings is 1. The van der Waals surface area contributed by atoms with Gasteiger partial charge in [0.25, 0.3) is 11.5 Å². The highest BCUT2D eigenvalue weighted by Gasteiger charge is 2.17. The number of tetrazole rings is 1. The van der Waals surface area contributed by atoms with E-state index in [2.05, 4.69) is 30.8 Å². The van der Waals surface area contributed by atoms with Crippen molar-refractivity contribution in [3.63, 3.8) is 0 Å². The predicted molar refractivity (Wildman–Crippen MR) is 109 cm³/mol. The van der Waals surface area contributed by atoms with Crippen molar-refractivity contribution < 1.29 is 14.2 Å². The lowest BCUT2D eigenvalue weighted by molar-refractivity contribution is -0.717. The number of aryl methyl sites for hydroxylation is 1. The van der Waals surface area contributed by atoms with Gasteiger partial charge in [-0.2, -0.15) is 4.68 Å². The summed E-state index contributed by atoms with van der Waals surface area (Å²) in [5.41, 5.74) is 1.09. The molecular weight excluding hydrogens is 427 g/mol. The molecule has 0 unspecified atom stereocenters. The smallest absolute Gasteiger partial charge is 0.394 e. The first-order valence-electron chi connectivity index (χ1n) is 9.12. The van der Waals surface area contributed by atoms with Gasteiger partial charge in [0.15, 0.2) is 0 Å². The highest BCUT2D eigenvalue weighted by atomic mass is 35.5. The van der Waals surface area contributed by atoms with E-state index in [1.54, 1.807) is 36.1 Å². The van der Waals surface area contributed by atoms with Crippen molar-refractivity contribution in [1.82, 2.24) is 30.1 Å². The lowest BCUT2D eigenvalue weighted by Gasteiger charge is -2.18. The topological polar surface area (TPSA) is 125 Å². The molecule has 0 saturated carbocycles. The minimum atomic E-state index is -0.761. The number of pyridine rings is 1. The van der Waals surface area contributed by atoms with Crippen molar-refractivity contribution in [2.24, 2.45) is 7.05 Å². The third kappa shape index (κ3) is 4.27. The van der Waals surface area contributed by atoms with E-state index in [9.17, 15) is 14.3 Å². The van der Waals surface area contributed by atoms with Gasteiger partial charge in [0.05, 0.1) is 35.5 Å². The highest BCUT2D eigenvalue weighted by Crippen LogP contribution is 2.23. The van der Waals surface area contributed by atoms with Gasteiger partial charge < -0.3 is 9.67 Å². The van der Waals surface area contributed by atoms with Crippen molar-refractivity contribution in [1.29, 1.82) is 0 Å². The minimum Gasteiger partial charge on any atom is -0.394 e. The van der Waals surface area contributed by atoms with Crippen LogP contribution in [0.5, 0.6) is 0 Å². The molecule has 4 rings (SSSR count). The van der Waals surface area contributed by atoms with E-state index in [4.69, 9.17) is 11.6 Å². The van der Waals surface area contributed by atoms with Gasteiger partial charge in [0.2, 0.25) is 0 Å². The molecule has 4 aromatic rings. The first kappa shape index (κ1) is 20.6. The number of aromatic amines is 1. The molecule has 0 saturated heterocycles. The molecular formula is C19H17ClFN8O2+. The fraction of sp³-hybridized carbons (Fsp3) is 0.158. The Morgan fingerprint density at radius 3 is 2.84 bits per heavy atom. The van der Waals surface area contributed by atoms with E-state index in [1.807, 2.05) is 0 Å². The van der Waals surface area contributed by atoms with Crippen molar-refractivity contribution in [3.05, 3.63) is 75.5 Å². The summed E-state index contributed by atoms with van der Waals surface area (Å²) in [5.74, 6) is 0.0633. The Kier molecular flexibility index (Phi) is 5.69. The van der Waals surface area contributed by atoms with Gasteiger partial charge in [-0.15, -0.1) is 5.21 Å². The molecule has 0 aliphatic carbocycles.